The van der Waals surface area contributed by atoms with Gasteiger partial charge in [0, 0.05) is 31.6 Å². The first-order valence-electron chi connectivity index (χ1n) is 8.70. The molecule has 1 aliphatic rings. The third-order valence-corrected chi connectivity index (χ3v) is 4.25. The molecule has 1 saturated heterocycles. The molecule has 6 heteroatoms. The molecule has 0 bridgehead atoms. The molecule has 1 aliphatic heterocycles. The van der Waals surface area contributed by atoms with Crippen LogP contribution in [0, 0.1) is 11.8 Å². The molecule has 0 aromatic heterocycles. The van der Waals surface area contributed by atoms with Gasteiger partial charge in [0.1, 0.15) is 0 Å². The second-order valence-corrected chi connectivity index (χ2v) is 6.84. The van der Waals surface area contributed by atoms with Crippen LogP contribution in [0.1, 0.15) is 44.0 Å². The second-order valence-electron chi connectivity index (χ2n) is 6.84. The monoisotopic (exact) mass is 346 g/mol. The van der Waals surface area contributed by atoms with E-state index in [-0.39, 0.29) is 29.6 Å². The quantitative estimate of drug-likeness (QED) is 0.832. The maximum atomic E-state index is 12.3. The van der Waals surface area contributed by atoms with Crippen molar-refractivity contribution in [1.82, 2.24) is 4.90 Å². The minimum atomic E-state index is -0.358. The van der Waals surface area contributed by atoms with E-state index in [9.17, 15) is 14.4 Å². The average Bonchev–Trinajstić information content (AvgIpc) is 2.60. The molecule has 25 heavy (non-hydrogen) atoms. The fourth-order valence-corrected chi connectivity index (χ4v) is 2.72. The van der Waals surface area contributed by atoms with E-state index in [1.807, 2.05) is 13.8 Å². The Kier molecular flexibility index (Phi) is 6.56. The summed E-state index contributed by atoms with van der Waals surface area (Å²) in [5, 5.41) is 2.88. The van der Waals surface area contributed by atoms with E-state index in [4.69, 9.17) is 4.74 Å². The van der Waals surface area contributed by atoms with E-state index in [2.05, 4.69) is 5.32 Å². The first kappa shape index (κ1) is 19.0. The molecule has 0 unspecified atom stereocenters. The fraction of sp³-hybridized carbons (Fsp3) is 0.526. The highest BCUT2D eigenvalue weighted by Gasteiger charge is 2.26. The Bertz CT molecular complexity index is 617. The van der Waals surface area contributed by atoms with Crippen LogP contribution in [0.25, 0.3) is 0 Å². The summed E-state index contributed by atoms with van der Waals surface area (Å²) in [6, 6.07) is 6.70. The Hall–Kier alpha value is -2.37. The number of benzene rings is 1. The molecular weight excluding hydrogens is 320 g/mol. The smallest absolute Gasteiger partial charge is 0.338 e. The van der Waals surface area contributed by atoms with Gasteiger partial charge in [0.2, 0.25) is 11.8 Å². The largest absolute Gasteiger partial charge is 0.462 e. The lowest BCUT2D eigenvalue weighted by molar-refractivity contribution is -0.132. The van der Waals surface area contributed by atoms with Gasteiger partial charge in [-0.2, -0.15) is 0 Å². The molecule has 1 fully saturated rings. The standard InChI is InChI=1S/C19H26N2O4/c1-13(2)12-25-19(24)16-4-6-17(7-5-16)20-18(23)15-8-10-21(11-9-15)14(3)22/h4-7,13,15H,8-12H2,1-3H3,(H,20,23). The van der Waals surface area contributed by atoms with Crippen molar-refractivity contribution >= 4 is 23.5 Å². The lowest BCUT2D eigenvalue weighted by Crippen LogP contribution is -2.40. The maximum absolute atomic E-state index is 12.3. The van der Waals surface area contributed by atoms with Gasteiger partial charge in [-0.1, -0.05) is 13.8 Å². The summed E-state index contributed by atoms with van der Waals surface area (Å²) in [5.41, 5.74) is 1.12. The zero-order chi connectivity index (χ0) is 18.4. The lowest BCUT2D eigenvalue weighted by Gasteiger charge is -2.30. The number of likely N-dealkylation sites (tertiary alicyclic amines) is 1. The molecule has 0 radical (unpaired) electrons. The Labute approximate surface area is 148 Å². The topological polar surface area (TPSA) is 75.7 Å². The number of nitrogens with one attached hydrogen (secondary N) is 1. The van der Waals surface area contributed by atoms with Crippen LogP contribution in [0.3, 0.4) is 0 Å². The predicted molar refractivity (Wildman–Crippen MR) is 95.2 cm³/mol. The Morgan fingerprint density at radius 2 is 1.76 bits per heavy atom. The number of piperidine rings is 1. The van der Waals surface area contributed by atoms with E-state index in [1.165, 1.54) is 0 Å². The number of nitrogens with zero attached hydrogens (tertiary/aromatic N) is 1. The summed E-state index contributed by atoms with van der Waals surface area (Å²) < 4.78 is 5.18. The highest BCUT2D eigenvalue weighted by Crippen LogP contribution is 2.20. The second kappa shape index (κ2) is 8.65. The molecule has 2 rings (SSSR count). The molecule has 1 aromatic carbocycles. The summed E-state index contributed by atoms with van der Waals surface area (Å²) in [4.78, 5) is 37.3. The van der Waals surface area contributed by atoms with Gasteiger partial charge < -0.3 is 15.0 Å². The number of amides is 2. The predicted octanol–water partition coefficient (Wildman–Crippen LogP) is 2.70. The molecule has 0 aliphatic carbocycles. The zero-order valence-corrected chi connectivity index (χ0v) is 15.1. The van der Waals surface area contributed by atoms with Gasteiger partial charge in [-0.3, -0.25) is 9.59 Å². The van der Waals surface area contributed by atoms with Crippen LogP contribution in [-0.4, -0.2) is 42.4 Å². The number of ether oxygens (including phenoxy) is 1. The summed E-state index contributed by atoms with van der Waals surface area (Å²) in [6.45, 7) is 7.13. The van der Waals surface area contributed by atoms with Crippen molar-refractivity contribution in [3.05, 3.63) is 29.8 Å². The van der Waals surface area contributed by atoms with Crippen molar-refractivity contribution in [1.29, 1.82) is 0 Å². The van der Waals surface area contributed by atoms with Gasteiger partial charge in [-0.25, -0.2) is 4.79 Å². The van der Waals surface area contributed by atoms with Crippen molar-refractivity contribution < 1.29 is 19.1 Å². The first-order valence-corrected chi connectivity index (χ1v) is 8.70. The van der Waals surface area contributed by atoms with Crippen molar-refractivity contribution in [2.24, 2.45) is 11.8 Å². The summed E-state index contributed by atoms with van der Waals surface area (Å²) in [5.74, 6) is -0.150. The van der Waals surface area contributed by atoms with Gasteiger partial charge in [0.15, 0.2) is 0 Å². The minimum absolute atomic E-state index is 0.0432. The Morgan fingerprint density at radius 1 is 1.16 bits per heavy atom. The van der Waals surface area contributed by atoms with Crippen molar-refractivity contribution in [3.8, 4) is 0 Å². The average molecular weight is 346 g/mol. The molecule has 0 spiro atoms. The molecule has 136 valence electrons. The van der Waals surface area contributed by atoms with Crippen molar-refractivity contribution in [2.75, 3.05) is 25.0 Å². The molecule has 1 N–H and O–H groups in total. The highest BCUT2D eigenvalue weighted by atomic mass is 16.5. The molecular formula is C19H26N2O4. The molecule has 2 amide bonds. The van der Waals surface area contributed by atoms with Gasteiger partial charge in [0.05, 0.1) is 12.2 Å². The van der Waals surface area contributed by atoms with Crippen LogP contribution in [0.4, 0.5) is 5.69 Å². The van der Waals surface area contributed by atoms with E-state index in [1.54, 1.807) is 36.1 Å². The number of carbonyl (C=O) groups excluding carboxylic acids is 3. The SMILES string of the molecule is CC(=O)N1CCC(C(=O)Nc2ccc(C(=O)OCC(C)C)cc2)CC1. The number of esters is 1. The molecule has 1 heterocycles. The van der Waals surface area contributed by atoms with Crippen LogP contribution in [0.2, 0.25) is 0 Å². The summed E-state index contributed by atoms with van der Waals surface area (Å²) in [7, 11) is 0. The first-order chi connectivity index (χ1) is 11.9. The maximum Gasteiger partial charge on any atom is 0.338 e. The molecule has 6 nitrogen and oxygen atoms in total. The number of rotatable bonds is 5. The van der Waals surface area contributed by atoms with Gasteiger partial charge in [-0.15, -0.1) is 0 Å². The highest BCUT2D eigenvalue weighted by molar-refractivity contribution is 5.94. The molecule has 1 aromatic rings. The summed E-state index contributed by atoms with van der Waals surface area (Å²) >= 11 is 0. The van der Waals surface area contributed by atoms with Crippen LogP contribution >= 0.6 is 0 Å². The summed E-state index contributed by atoms with van der Waals surface area (Å²) in [6.07, 6.45) is 1.34. The third kappa shape index (κ3) is 5.59. The van der Waals surface area contributed by atoms with E-state index in [0.29, 0.717) is 43.8 Å². The number of carbonyl (C=O) groups is 3. The normalized spacial score (nSPS) is 15.1. The zero-order valence-electron chi connectivity index (χ0n) is 15.1. The van der Waals surface area contributed by atoms with Crippen molar-refractivity contribution in [2.45, 2.75) is 33.6 Å². The van der Waals surface area contributed by atoms with E-state index < -0.39 is 0 Å². The Balaban J connectivity index is 1.85. The lowest BCUT2D eigenvalue weighted by atomic mass is 9.96. The van der Waals surface area contributed by atoms with E-state index in [0.717, 1.165) is 0 Å². The minimum Gasteiger partial charge on any atom is -0.462 e. The number of hydrogen-bond donors (Lipinski definition) is 1. The number of hydrogen-bond acceptors (Lipinski definition) is 4. The van der Waals surface area contributed by atoms with E-state index >= 15 is 0 Å². The van der Waals surface area contributed by atoms with Gasteiger partial charge in [-0.05, 0) is 43.0 Å². The molecule has 0 atom stereocenters. The van der Waals surface area contributed by atoms with Crippen LogP contribution in [0.15, 0.2) is 24.3 Å². The van der Waals surface area contributed by atoms with Crippen LogP contribution < -0.4 is 5.32 Å². The molecule has 0 saturated carbocycles. The van der Waals surface area contributed by atoms with Crippen LogP contribution in [-0.2, 0) is 14.3 Å². The van der Waals surface area contributed by atoms with Crippen molar-refractivity contribution in [3.63, 3.8) is 0 Å². The van der Waals surface area contributed by atoms with Gasteiger partial charge >= 0.3 is 5.97 Å². The third-order valence-electron chi connectivity index (χ3n) is 4.25. The fourth-order valence-electron chi connectivity index (χ4n) is 2.72. The van der Waals surface area contributed by atoms with Gasteiger partial charge in [0.25, 0.3) is 0 Å². The van der Waals surface area contributed by atoms with Crippen LogP contribution in [0.5, 0.6) is 0 Å². The Morgan fingerprint density at radius 3 is 2.28 bits per heavy atom. The number of anilines is 1.